The molecule has 0 saturated carbocycles. The fourth-order valence-electron chi connectivity index (χ4n) is 2.48. The minimum atomic E-state index is 0.140. The molecule has 0 spiro atoms. The van der Waals surface area contributed by atoms with Crippen LogP contribution in [0.2, 0.25) is 25.1 Å². The highest BCUT2D eigenvalue weighted by Crippen LogP contribution is 2.34. The Morgan fingerprint density at radius 2 is 1.57 bits per heavy atom. The van der Waals surface area contributed by atoms with Crippen LogP contribution in [0.3, 0.4) is 0 Å². The van der Waals surface area contributed by atoms with Crippen LogP contribution in [0.25, 0.3) is 0 Å². The van der Waals surface area contributed by atoms with Gasteiger partial charge >= 0.3 is 0 Å². The quantitative estimate of drug-likeness (QED) is 0.201. The van der Waals surface area contributed by atoms with Crippen LogP contribution in [0.4, 0.5) is 5.69 Å². The Labute approximate surface area is 199 Å². The minimum Gasteiger partial charge on any atom is -0.493 e. The van der Waals surface area contributed by atoms with E-state index >= 15 is 0 Å². The highest BCUT2D eigenvalue weighted by atomic mass is 35.5. The van der Waals surface area contributed by atoms with Crippen LogP contribution in [0, 0.1) is 0 Å². The molecule has 0 unspecified atom stereocenters. The lowest BCUT2D eigenvalue weighted by Gasteiger charge is -2.13. The van der Waals surface area contributed by atoms with Crippen molar-refractivity contribution in [2.75, 3.05) is 12.5 Å². The second kappa shape index (κ2) is 10.5. The predicted molar refractivity (Wildman–Crippen MR) is 126 cm³/mol. The maximum Gasteiger partial charge on any atom is 0.161 e. The highest BCUT2D eigenvalue weighted by molar-refractivity contribution is 6.44. The molecule has 0 fully saturated rings. The van der Waals surface area contributed by atoms with Gasteiger partial charge in [-0.25, -0.2) is 0 Å². The van der Waals surface area contributed by atoms with Crippen molar-refractivity contribution in [3.63, 3.8) is 0 Å². The molecule has 30 heavy (non-hydrogen) atoms. The van der Waals surface area contributed by atoms with Gasteiger partial charge in [-0.2, -0.15) is 5.10 Å². The first kappa shape index (κ1) is 22.9. The van der Waals surface area contributed by atoms with Crippen LogP contribution >= 0.6 is 58.0 Å². The molecule has 3 rings (SSSR count). The second-order valence-electron chi connectivity index (χ2n) is 6.02. The minimum absolute atomic E-state index is 0.140. The van der Waals surface area contributed by atoms with Crippen molar-refractivity contribution < 1.29 is 9.47 Å². The third-order valence-electron chi connectivity index (χ3n) is 4.03. The first-order valence-corrected chi connectivity index (χ1v) is 10.5. The summed E-state index contributed by atoms with van der Waals surface area (Å²) >= 11 is 30.4. The molecule has 3 aromatic rings. The Morgan fingerprint density at radius 3 is 2.30 bits per heavy atom. The normalized spacial score (nSPS) is 11.0. The third-order valence-corrected chi connectivity index (χ3v) is 5.96. The van der Waals surface area contributed by atoms with Gasteiger partial charge in [0, 0.05) is 10.6 Å². The molecule has 0 saturated heterocycles. The smallest absolute Gasteiger partial charge is 0.161 e. The van der Waals surface area contributed by atoms with Gasteiger partial charge in [-0.15, -0.1) is 0 Å². The van der Waals surface area contributed by atoms with E-state index in [2.05, 4.69) is 10.5 Å². The summed E-state index contributed by atoms with van der Waals surface area (Å²) in [6.45, 7) is 0.140. The molecule has 0 atom stereocenters. The van der Waals surface area contributed by atoms with E-state index in [0.29, 0.717) is 47.9 Å². The fourth-order valence-corrected chi connectivity index (χ4v) is 3.44. The van der Waals surface area contributed by atoms with Crippen molar-refractivity contribution >= 4 is 69.9 Å². The van der Waals surface area contributed by atoms with Gasteiger partial charge in [0.25, 0.3) is 0 Å². The van der Waals surface area contributed by atoms with Gasteiger partial charge in [0.1, 0.15) is 6.61 Å². The Balaban J connectivity index is 1.70. The largest absolute Gasteiger partial charge is 0.493 e. The Hall–Kier alpha value is -1.82. The van der Waals surface area contributed by atoms with Gasteiger partial charge in [0.2, 0.25) is 0 Å². The summed E-state index contributed by atoms with van der Waals surface area (Å²) in [5.74, 6) is 1.06. The number of benzene rings is 3. The van der Waals surface area contributed by atoms with Crippen molar-refractivity contribution in [1.82, 2.24) is 0 Å². The van der Waals surface area contributed by atoms with Crippen LogP contribution in [0.5, 0.6) is 11.5 Å². The number of hydrogen-bond donors (Lipinski definition) is 1. The maximum absolute atomic E-state index is 6.22. The van der Waals surface area contributed by atoms with Gasteiger partial charge in [-0.05, 0) is 54.1 Å². The number of methoxy groups -OCH3 is 1. The summed E-state index contributed by atoms with van der Waals surface area (Å²) in [5, 5.41) is 6.36. The van der Waals surface area contributed by atoms with Crippen molar-refractivity contribution in [3.8, 4) is 11.5 Å². The summed E-state index contributed by atoms with van der Waals surface area (Å²) in [4.78, 5) is 0. The number of hydrogen-bond acceptors (Lipinski definition) is 4. The number of nitrogens with zero attached hydrogens (tertiary/aromatic N) is 1. The summed E-state index contributed by atoms with van der Waals surface area (Å²) in [6.07, 6.45) is 1.64. The molecular formula is C21H15Cl5N2O2. The molecule has 0 aliphatic carbocycles. The Bertz CT molecular complexity index is 1090. The fraction of sp³-hybridized carbons (Fsp3) is 0.0952. The van der Waals surface area contributed by atoms with E-state index in [1.54, 1.807) is 55.8 Å². The van der Waals surface area contributed by atoms with Crippen LogP contribution in [-0.2, 0) is 6.61 Å². The van der Waals surface area contributed by atoms with Crippen molar-refractivity contribution in [3.05, 3.63) is 84.8 Å². The molecule has 0 aromatic heterocycles. The van der Waals surface area contributed by atoms with Crippen LogP contribution in [-0.4, -0.2) is 13.3 Å². The summed E-state index contributed by atoms with van der Waals surface area (Å²) in [6, 6.07) is 13.8. The number of anilines is 1. The van der Waals surface area contributed by atoms with Gasteiger partial charge in [0.05, 0.1) is 39.1 Å². The number of nitrogens with one attached hydrogen (secondary N) is 1. The van der Waals surface area contributed by atoms with Gasteiger partial charge < -0.3 is 9.47 Å². The average molecular weight is 505 g/mol. The van der Waals surface area contributed by atoms with E-state index in [4.69, 9.17) is 67.5 Å². The first-order chi connectivity index (χ1) is 14.4. The van der Waals surface area contributed by atoms with E-state index in [9.17, 15) is 0 Å². The number of rotatable bonds is 7. The molecule has 3 aromatic carbocycles. The van der Waals surface area contributed by atoms with Gasteiger partial charge in [0.15, 0.2) is 11.5 Å². The third kappa shape index (κ3) is 5.65. The van der Waals surface area contributed by atoms with E-state index in [-0.39, 0.29) is 6.61 Å². The summed E-state index contributed by atoms with van der Waals surface area (Å²) in [7, 11) is 1.55. The van der Waals surface area contributed by atoms with E-state index in [0.717, 1.165) is 5.56 Å². The van der Waals surface area contributed by atoms with Gasteiger partial charge in [-0.1, -0.05) is 58.0 Å². The number of ether oxygens (including phenoxy) is 2. The molecule has 156 valence electrons. The van der Waals surface area contributed by atoms with Crippen molar-refractivity contribution in [2.45, 2.75) is 6.61 Å². The highest BCUT2D eigenvalue weighted by Gasteiger charge is 2.12. The molecule has 1 N–H and O–H groups in total. The zero-order valence-electron chi connectivity index (χ0n) is 15.6. The molecule has 0 aliphatic heterocycles. The van der Waals surface area contributed by atoms with Crippen LogP contribution < -0.4 is 14.9 Å². The number of hydrazone groups is 1. The SMILES string of the molecule is COc1cc(C=NNc2ccc(Cl)c(Cl)c2)ccc1OCc1c(Cl)ccc(Cl)c1Cl. The van der Waals surface area contributed by atoms with Crippen LogP contribution in [0.1, 0.15) is 11.1 Å². The van der Waals surface area contributed by atoms with Crippen molar-refractivity contribution in [2.24, 2.45) is 5.10 Å². The summed E-state index contributed by atoms with van der Waals surface area (Å²) in [5.41, 5.74) is 5.00. The van der Waals surface area contributed by atoms with E-state index in [1.165, 1.54) is 0 Å². The monoisotopic (exact) mass is 502 g/mol. The van der Waals surface area contributed by atoms with E-state index in [1.807, 2.05) is 6.07 Å². The lowest BCUT2D eigenvalue weighted by atomic mass is 10.2. The molecule has 9 heteroatoms. The second-order valence-corrected chi connectivity index (χ2v) is 8.03. The summed E-state index contributed by atoms with van der Waals surface area (Å²) < 4.78 is 11.3. The maximum atomic E-state index is 6.22. The number of halogens is 5. The first-order valence-electron chi connectivity index (χ1n) is 8.56. The average Bonchev–Trinajstić information content (AvgIpc) is 2.74. The van der Waals surface area contributed by atoms with Gasteiger partial charge in [-0.3, -0.25) is 5.43 Å². The predicted octanol–water partition coefficient (Wildman–Crippen LogP) is 7.99. The lowest BCUT2D eigenvalue weighted by molar-refractivity contribution is 0.284. The molecule has 0 bridgehead atoms. The topological polar surface area (TPSA) is 42.8 Å². The molecule has 0 amide bonds. The van der Waals surface area contributed by atoms with Crippen LogP contribution in [0.15, 0.2) is 53.6 Å². The molecular weight excluding hydrogens is 490 g/mol. The zero-order valence-corrected chi connectivity index (χ0v) is 19.3. The molecule has 4 nitrogen and oxygen atoms in total. The molecule has 0 heterocycles. The zero-order chi connectivity index (χ0) is 21.7. The molecule has 0 radical (unpaired) electrons. The lowest BCUT2D eigenvalue weighted by Crippen LogP contribution is -2.00. The Kier molecular flexibility index (Phi) is 7.98. The Morgan fingerprint density at radius 1 is 0.833 bits per heavy atom. The standard InChI is InChI=1S/C21H15Cl5N2O2/c1-29-20-8-12(10-27-28-13-3-4-16(23)18(25)9-13)2-7-19(20)30-11-14-15(22)5-6-17(24)21(14)26/h2-10,28H,11H2,1H3. The van der Waals surface area contributed by atoms with Crippen molar-refractivity contribution in [1.29, 1.82) is 0 Å². The van der Waals surface area contributed by atoms with E-state index < -0.39 is 0 Å². The molecule has 0 aliphatic rings.